The second-order valence-electron chi connectivity index (χ2n) is 3.85. The third kappa shape index (κ3) is 2.62. The van der Waals surface area contributed by atoms with Gasteiger partial charge < -0.3 is 14.7 Å². The van der Waals surface area contributed by atoms with Gasteiger partial charge in [-0.1, -0.05) is 0 Å². The van der Waals surface area contributed by atoms with Crippen LogP contribution in [0.15, 0.2) is 18.2 Å². The molecule has 1 saturated heterocycles. The van der Waals surface area contributed by atoms with Gasteiger partial charge in [-0.2, -0.15) is 0 Å². The highest BCUT2D eigenvalue weighted by Gasteiger charge is 2.16. The molecule has 0 atom stereocenters. The molecule has 1 aromatic carbocycles. The summed E-state index contributed by atoms with van der Waals surface area (Å²) in [5.74, 6) is -0.913. The fourth-order valence-corrected chi connectivity index (χ4v) is 1.83. The number of hydrogen-bond donors (Lipinski definition) is 1. The number of aliphatic hydroxyl groups excluding tert-OH is 1. The molecule has 0 aromatic heterocycles. The lowest BCUT2D eigenvalue weighted by molar-refractivity contribution is 0.0903. The van der Waals surface area contributed by atoms with Crippen molar-refractivity contribution in [2.75, 3.05) is 37.8 Å². The molecule has 1 aromatic rings. The first-order chi connectivity index (χ1) is 8.22. The molecule has 0 aliphatic carbocycles. The van der Waals surface area contributed by atoms with Gasteiger partial charge in [0.15, 0.2) is 5.78 Å². The van der Waals surface area contributed by atoms with Gasteiger partial charge in [-0.3, -0.25) is 4.79 Å². The van der Waals surface area contributed by atoms with E-state index in [1.165, 1.54) is 12.1 Å². The molecule has 92 valence electrons. The van der Waals surface area contributed by atoms with Crippen LogP contribution < -0.4 is 4.90 Å². The predicted molar refractivity (Wildman–Crippen MR) is 60.8 cm³/mol. The van der Waals surface area contributed by atoms with E-state index in [1.54, 1.807) is 6.07 Å². The molecular weight excluding hydrogens is 225 g/mol. The molecule has 2 rings (SSSR count). The quantitative estimate of drug-likeness (QED) is 0.794. The maximum absolute atomic E-state index is 13.8. The summed E-state index contributed by atoms with van der Waals surface area (Å²) in [6, 6.07) is 4.28. The van der Waals surface area contributed by atoms with Crippen LogP contribution in [0.3, 0.4) is 0 Å². The van der Waals surface area contributed by atoms with Crippen LogP contribution in [0.5, 0.6) is 0 Å². The molecular formula is C12H14FNO3. The summed E-state index contributed by atoms with van der Waals surface area (Å²) < 4.78 is 19.0. The van der Waals surface area contributed by atoms with Crippen LogP contribution in [-0.2, 0) is 4.74 Å². The minimum atomic E-state index is -0.601. The topological polar surface area (TPSA) is 49.8 Å². The summed E-state index contributed by atoms with van der Waals surface area (Å²) in [7, 11) is 0. The highest BCUT2D eigenvalue weighted by atomic mass is 19.1. The molecule has 4 nitrogen and oxygen atoms in total. The van der Waals surface area contributed by atoms with Crippen LogP contribution in [0, 0.1) is 5.82 Å². The van der Waals surface area contributed by atoms with Crippen molar-refractivity contribution < 1.29 is 19.0 Å². The van der Waals surface area contributed by atoms with E-state index in [9.17, 15) is 9.18 Å². The van der Waals surface area contributed by atoms with Crippen molar-refractivity contribution in [2.24, 2.45) is 0 Å². The molecule has 0 bridgehead atoms. The average molecular weight is 239 g/mol. The Morgan fingerprint density at radius 1 is 1.41 bits per heavy atom. The lowest BCUT2D eigenvalue weighted by Crippen LogP contribution is -2.36. The smallest absolute Gasteiger partial charge is 0.188 e. The lowest BCUT2D eigenvalue weighted by Gasteiger charge is -2.29. The largest absolute Gasteiger partial charge is 0.388 e. The number of aliphatic hydroxyl groups is 1. The second kappa shape index (κ2) is 5.25. The number of hydrogen-bond acceptors (Lipinski definition) is 4. The average Bonchev–Trinajstić information content (AvgIpc) is 2.38. The fraction of sp³-hybridized carbons (Fsp3) is 0.417. The van der Waals surface area contributed by atoms with Crippen LogP contribution >= 0.6 is 0 Å². The number of ketones is 1. The zero-order valence-corrected chi connectivity index (χ0v) is 9.36. The Labute approximate surface area is 98.6 Å². The third-order valence-electron chi connectivity index (χ3n) is 2.77. The summed E-state index contributed by atoms with van der Waals surface area (Å²) in [4.78, 5) is 13.1. The summed E-state index contributed by atoms with van der Waals surface area (Å²) in [5.41, 5.74) is 0.671. The number of Topliss-reactive ketones (excluding diaryl/α,β-unsaturated/α-hetero) is 1. The van der Waals surface area contributed by atoms with Crippen molar-refractivity contribution in [1.82, 2.24) is 0 Å². The first-order valence-electron chi connectivity index (χ1n) is 5.48. The van der Waals surface area contributed by atoms with Crippen molar-refractivity contribution in [3.63, 3.8) is 0 Å². The maximum atomic E-state index is 13.8. The molecule has 0 spiro atoms. The molecule has 1 heterocycles. The SMILES string of the molecule is O=C(CO)c1ccc(N2CCOCC2)c(F)c1. The van der Waals surface area contributed by atoms with Crippen LogP contribution in [0.4, 0.5) is 10.1 Å². The molecule has 1 aliphatic rings. The minimum Gasteiger partial charge on any atom is -0.388 e. The van der Waals surface area contributed by atoms with Gasteiger partial charge in [-0.05, 0) is 18.2 Å². The van der Waals surface area contributed by atoms with Crippen LogP contribution in [0.2, 0.25) is 0 Å². The lowest BCUT2D eigenvalue weighted by atomic mass is 10.1. The van der Waals surface area contributed by atoms with Gasteiger partial charge in [0.05, 0.1) is 18.9 Å². The van der Waals surface area contributed by atoms with E-state index in [0.29, 0.717) is 32.0 Å². The summed E-state index contributed by atoms with van der Waals surface area (Å²) in [6.07, 6.45) is 0. The summed E-state index contributed by atoms with van der Waals surface area (Å²) in [5, 5.41) is 8.70. The van der Waals surface area contributed by atoms with Crippen molar-refractivity contribution in [2.45, 2.75) is 0 Å². The zero-order chi connectivity index (χ0) is 12.3. The van der Waals surface area contributed by atoms with Gasteiger partial charge in [-0.25, -0.2) is 4.39 Å². The number of anilines is 1. The number of carbonyl (C=O) groups excluding carboxylic acids is 1. The van der Waals surface area contributed by atoms with E-state index in [-0.39, 0.29) is 5.56 Å². The monoisotopic (exact) mass is 239 g/mol. The highest BCUT2D eigenvalue weighted by Crippen LogP contribution is 2.21. The molecule has 17 heavy (non-hydrogen) atoms. The Kier molecular flexibility index (Phi) is 3.71. The number of ether oxygens (including phenoxy) is 1. The van der Waals surface area contributed by atoms with Gasteiger partial charge in [0, 0.05) is 18.7 Å². The van der Waals surface area contributed by atoms with Gasteiger partial charge in [0.1, 0.15) is 12.4 Å². The molecule has 1 fully saturated rings. The maximum Gasteiger partial charge on any atom is 0.188 e. The van der Waals surface area contributed by atoms with Gasteiger partial charge in [0.25, 0.3) is 0 Å². The predicted octanol–water partition coefficient (Wildman–Crippen LogP) is 0.837. The standard InChI is InChI=1S/C12H14FNO3/c13-10-7-9(12(16)8-15)1-2-11(10)14-3-5-17-6-4-14/h1-2,7,15H,3-6,8H2. The van der Waals surface area contributed by atoms with Gasteiger partial charge >= 0.3 is 0 Å². The number of rotatable bonds is 3. The molecule has 0 saturated carbocycles. The minimum absolute atomic E-state index is 0.196. The zero-order valence-electron chi connectivity index (χ0n) is 9.36. The Balaban J connectivity index is 2.21. The Morgan fingerprint density at radius 3 is 2.71 bits per heavy atom. The summed E-state index contributed by atoms with van der Waals surface area (Å²) in [6.45, 7) is 1.85. The Bertz CT molecular complexity index is 416. The van der Waals surface area contributed by atoms with E-state index in [4.69, 9.17) is 9.84 Å². The van der Waals surface area contributed by atoms with Crippen molar-refractivity contribution in [3.05, 3.63) is 29.6 Å². The van der Waals surface area contributed by atoms with Crippen molar-refractivity contribution in [3.8, 4) is 0 Å². The van der Waals surface area contributed by atoms with E-state index in [2.05, 4.69) is 0 Å². The molecule has 0 amide bonds. The molecule has 5 heteroatoms. The van der Waals surface area contributed by atoms with E-state index in [0.717, 1.165) is 0 Å². The second-order valence-corrected chi connectivity index (χ2v) is 3.85. The Hall–Kier alpha value is -1.46. The fourth-order valence-electron chi connectivity index (χ4n) is 1.83. The number of nitrogens with zero attached hydrogens (tertiary/aromatic N) is 1. The first kappa shape index (κ1) is 12.0. The van der Waals surface area contributed by atoms with Gasteiger partial charge in [-0.15, -0.1) is 0 Å². The molecule has 0 unspecified atom stereocenters. The number of morpholine rings is 1. The van der Waals surface area contributed by atoms with Crippen molar-refractivity contribution >= 4 is 11.5 Å². The number of benzene rings is 1. The van der Waals surface area contributed by atoms with E-state index < -0.39 is 18.2 Å². The number of halogens is 1. The van der Waals surface area contributed by atoms with Crippen molar-refractivity contribution in [1.29, 1.82) is 0 Å². The van der Waals surface area contributed by atoms with E-state index in [1.807, 2.05) is 4.90 Å². The first-order valence-corrected chi connectivity index (χ1v) is 5.48. The normalized spacial score (nSPS) is 16.0. The van der Waals surface area contributed by atoms with Crippen LogP contribution in [0.25, 0.3) is 0 Å². The Morgan fingerprint density at radius 2 is 2.12 bits per heavy atom. The molecule has 1 N–H and O–H groups in total. The van der Waals surface area contributed by atoms with Gasteiger partial charge in [0.2, 0.25) is 0 Å². The van der Waals surface area contributed by atoms with E-state index >= 15 is 0 Å². The van der Waals surface area contributed by atoms with Crippen LogP contribution in [0.1, 0.15) is 10.4 Å². The molecule has 1 aliphatic heterocycles. The summed E-state index contributed by atoms with van der Waals surface area (Å²) >= 11 is 0. The highest BCUT2D eigenvalue weighted by molar-refractivity contribution is 5.97. The third-order valence-corrected chi connectivity index (χ3v) is 2.77. The number of carbonyl (C=O) groups is 1. The molecule has 0 radical (unpaired) electrons. The van der Waals surface area contributed by atoms with Crippen LogP contribution in [-0.4, -0.2) is 43.8 Å².